The molecule has 7 rings (SSSR count). The molecule has 5 aromatic rings. The summed E-state index contributed by atoms with van der Waals surface area (Å²) in [5.41, 5.74) is 5.49. The van der Waals surface area contributed by atoms with Gasteiger partial charge < -0.3 is 14.6 Å². The van der Waals surface area contributed by atoms with Crippen molar-refractivity contribution < 1.29 is 33.9 Å². The van der Waals surface area contributed by atoms with Crippen LogP contribution in [0.3, 0.4) is 0 Å². The largest absolute Gasteiger partial charge is 0.494 e. The molecule has 0 bridgehead atoms. The number of hydrogen-bond donors (Lipinski definition) is 4. The maximum absolute atomic E-state index is 13.3. The number of carbonyl (C=O) groups is 5. The number of hydroxylamine groups is 1. The fourth-order valence-electron chi connectivity index (χ4n) is 6.36. The standard InChI is InChI=1S/C36H34N8O7/c45-31-13-12-29(34(47)38-31)44-35(48)27-4-3-5-28(32(27)36(44)49)37-19-25-21-43(41-39-25)15-1-2-17-51-26-10-6-22(7-11-26)20-42-16-14-23-8-9-24(18-30(23)42)33(46)40-50/h3-11,14,16,18,21,29,37,50H,1-2,12-13,15,17,19-20H2,(H,40,46)(H,38,45,47). The molecule has 0 aliphatic carbocycles. The van der Waals surface area contributed by atoms with Gasteiger partial charge in [0.25, 0.3) is 17.7 Å². The van der Waals surface area contributed by atoms with E-state index in [0.717, 1.165) is 40.0 Å². The van der Waals surface area contributed by atoms with E-state index >= 15 is 0 Å². The zero-order chi connectivity index (χ0) is 35.5. The van der Waals surface area contributed by atoms with Crippen molar-refractivity contribution in [2.24, 2.45) is 0 Å². The van der Waals surface area contributed by atoms with Crippen LogP contribution in [-0.2, 0) is 29.2 Å². The lowest BCUT2D eigenvalue weighted by atomic mass is 10.0. The molecule has 51 heavy (non-hydrogen) atoms. The van der Waals surface area contributed by atoms with E-state index in [9.17, 15) is 24.0 Å². The lowest BCUT2D eigenvalue weighted by Gasteiger charge is -2.27. The van der Waals surface area contributed by atoms with Gasteiger partial charge in [-0.2, -0.15) is 0 Å². The number of fused-ring (bicyclic) bond motifs is 2. The van der Waals surface area contributed by atoms with Crippen molar-refractivity contribution in [3.63, 3.8) is 0 Å². The van der Waals surface area contributed by atoms with Gasteiger partial charge in [0.15, 0.2) is 0 Å². The maximum Gasteiger partial charge on any atom is 0.274 e. The fraction of sp³-hybridized carbons (Fsp3) is 0.250. The maximum atomic E-state index is 13.3. The summed E-state index contributed by atoms with van der Waals surface area (Å²) in [5, 5.41) is 23.8. The Hall–Kier alpha value is -6.35. The summed E-state index contributed by atoms with van der Waals surface area (Å²) in [4.78, 5) is 63.1. The van der Waals surface area contributed by atoms with Gasteiger partial charge in [0.05, 0.1) is 30.5 Å². The van der Waals surface area contributed by atoms with Crippen LogP contribution in [0.2, 0.25) is 0 Å². The summed E-state index contributed by atoms with van der Waals surface area (Å²) in [7, 11) is 0. The molecule has 4 N–H and O–H groups in total. The monoisotopic (exact) mass is 690 g/mol. The van der Waals surface area contributed by atoms with Crippen LogP contribution in [0.5, 0.6) is 5.75 Å². The first kappa shape index (κ1) is 33.2. The predicted octanol–water partition coefficient (Wildman–Crippen LogP) is 3.27. The first-order chi connectivity index (χ1) is 24.8. The topological polar surface area (TPSA) is 190 Å². The van der Waals surface area contributed by atoms with Crippen molar-refractivity contribution in [2.45, 2.75) is 51.4 Å². The minimum Gasteiger partial charge on any atom is -0.494 e. The van der Waals surface area contributed by atoms with Gasteiger partial charge in [0.1, 0.15) is 17.5 Å². The summed E-state index contributed by atoms with van der Waals surface area (Å²) in [6, 6.07) is 19.0. The van der Waals surface area contributed by atoms with Crippen LogP contribution in [0.1, 0.15) is 68.0 Å². The number of aromatic nitrogens is 4. The Kier molecular flexibility index (Phi) is 9.26. The number of ether oxygens (including phenoxy) is 1. The number of aryl methyl sites for hydroxylation is 1. The van der Waals surface area contributed by atoms with Gasteiger partial charge in [-0.15, -0.1) is 5.10 Å². The third kappa shape index (κ3) is 6.91. The number of nitrogens with one attached hydrogen (secondary N) is 3. The molecule has 1 unspecified atom stereocenters. The number of benzene rings is 3. The first-order valence-electron chi connectivity index (χ1n) is 16.5. The van der Waals surface area contributed by atoms with Crippen LogP contribution < -0.4 is 20.9 Å². The highest BCUT2D eigenvalue weighted by molar-refractivity contribution is 6.25. The zero-order valence-corrected chi connectivity index (χ0v) is 27.4. The normalized spacial score (nSPS) is 15.6. The highest BCUT2D eigenvalue weighted by atomic mass is 16.5. The Morgan fingerprint density at radius 1 is 1.00 bits per heavy atom. The number of hydrogen-bond acceptors (Lipinski definition) is 10. The molecule has 2 aromatic heterocycles. The minimum atomic E-state index is -1.03. The summed E-state index contributed by atoms with van der Waals surface area (Å²) < 4.78 is 9.72. The molecular formula is C36H34N8O7. The van der Waals surface area contributed by atoms with Gasteiger partial charge in [-0.3, -0.25) is 44.1 Å². The first-order valence-corrected chi connectivity index (χ1v) is 16.5. The Balaban J connectivity index is 0.863. The second kappa shape index (κ2) is 14.2. The van der Waals surface area contributed by atoms with E-state index in [1.807, 2.05) is 53.4 Å². The molecule has 5 amide bonds. The van der Waals surface area contributed by atoms with Gasteiger partial charge in [-0.25, -0.2) is 5.48 Å². The highest BCUT2D eigenvalue weighted by Gasteiger charge is 2.45. The Bertz CT molecular complexity index is 2160. The number of amides is 5. The van der Waals surface area contributed by atoms with Crippen molar-refractivity contribution in [3.05, 3.63) is 107 Å². The molecule has 2 aliphatic rings. The molecule has 4 heterocycles. The molecule has 15 nitrogen and oxygen atoms in total. The van der Waals surface area contributed by atoms with Gasteiger partial charge in [-0.1, -0.05) is 29.5 Å². The van der Waals surface area contributed by atoms with E-state index in [1.54, 1.807) is 40.5 Å². The molecule has 0 saturated carbocycles. The molecule has 1 fully saturated rings. The number of piperidine rings is 1. The van der Waals surface area contributed by atoms with Gasteiger partial charge in [0, 0.05) is 42.5 Å². The molecule has 1 saturated heterocycles. The van der Waals surface area contributed by atoms with Crippen LogP contribution >= 0.6 is 0 Å². The molecule has 0 spiro atoms. The SMILES string of the molecule is O=C1CCC(N2C(=O)c3cccc(NCc4cn(CCCCOc5ccc(Cn6ccc7ccc(C(=O)NO)cc76)cc5)nn4)c3C2=O)C(=O)N1. The summed E-state index contributed by atoms with van der Waals surface area (Å²) in [6.45, 7) is 2.04. The van der Waals surface area contributed by atoms with Crippen LogP contribution in [0, 0.1) is 0 Å². The van der Waals surface area contributed by atoms with E-state index in [-0.39, 0.29) is 30.5 Å². The molecule has 1 atom stereocenters. The number of nitrogens with zero attached hydrogens (tertiary/aromatic N) is 5. The number of imide groups is 2. The van der Waals surface area contributed by atoms with Crippen molar-refractivity contribution in [3.8, 4) is 5.75 Å². The van der Waals surface area contributed by atoms with E-state index in [4.69, 9.17) is 9.94 Å². The van der Waals surface area contributed by atoms with E-state index < -0.39 is 35.6 Å². The summed E-state index contributed by atoms with van der Waals surface area (Å²) >= 11 is 0. The van der Waals surface area contributed by atoms with Crippen LogP contribution in [-0.4, -0.2) is 71.9 Å². The van der Waals surface area contributed by atoms with Gasteiger partial charge in [-0.05, 0) is 72.7 Å². The smallest absolute Gasteiger partial charge is 0.274 e. The average Bonchev–Trinajstić information content (AvgIpc) is 3.84. The third-order valence-electron chi connectivity index (χ3n) is 8.98. The van der Waals surface area contributed by atoms with E-state index in [0.29, 0.717) is 36.6 Å². The van der Waals surface area contributed by atoms with Gasteiger partial charge in [0.2, 0.25) is 11.8 Å². The number of anilines is 1. The average molecular weight is 691 g/mol. The Morgan fingerprint density at radius 2 is 1.84 bits per heavy atom. The minimum absolute atomic E-state index is 0.0553. The van der Waals surface area contributed by atoms with Crippen molar-refractivity contribution in [1.82, 2.24) is 35.3 Å². The Morgan fingerprint density at radius 3 is 2.65 bits per heavy atom. The predicted molar refractivity (Wildman–Crippen MR) is 182 cm³/mol. The third-order valence-corrected chi connectivity index (χ3v) is 8.98. The van der Waals surface area contributed by atoms with Crippen LogP contribution in [0.25, 0.3) is 10.9 Å². The molecule has 2 aliphatic heterocycles. The quantitative estimate of drug-likeness (QED) is 0.0618. The molecule has 260 valence electrons. The second-order valence-corrected chi connectivity index (χ2v) is 12.4. The Labute approximate surface area is 291 Å². The zero-order valence-electron chi connectivity index (χ0n) is 27.4. The molecule has 15 heteroatoms. The summed E-state index contributed by atoms with van der Waals surface area (Å²) in [5.74, 6) is -2.00. The molecular weight excluding hydrogens is 656 g/mol. The lowest BCUT2D eigenvalue weighted by molar-refractivity contribution is -0.136. The fourth-order valence-corrected chi connectivity index (χ4v) is 6.36. The molecule has 3 aromatic carbocycles. The van der Waals surface area contributed by atoms with E-state index in [2.05, 4.69) is 20.9 Å². The number of unbranched alkanes of at least 4 members (excludes halogenated alkanes) is 1. The van der Waals surface area contributed by atoms with Gasteiger partial charge >= 0.3 is 0 Å². The lowest BCUT2D eigenvalue weighted by Crippen LogP contribution is -2.54. The van der Waals surface area contributed by atoms with E-state index in [1.165, 1.54) is 0 Å². The van der Waals surface area contributed by atoms with Crippen molar-refractivity contribution in [1.29, 1.82) is 0 Å². The highest BCUT2D eigenvalue weighted by Crippen LogP contribution is 2.32. The van der Waals surface area contributed by atoms with Crippen molar-refractivity contribution in [2.75, 3.05) is 11.9 Å². The molecule has 0 radical (unpaired) electrons. The second-order valence-electron chi connectivity index (χ2n) is 12.4. The summed E-state index contributed by atoms with van der Waals surface area (Å²) in [6.07, 6.45) is 5.53. The van der Waals surface area contributed by atoms with Crippen LogP contribution in [0.15, 0.2) is 79.1 Å². The number of carbonyl (C=O) groups excluding carboxylic acids is 5. The number of rotatable bonds is 13. The van der Waals surface area contributed by atoms with Crippen LogP contribution in [0.4, 0.5) is 5.69 Å². The van der Waals surface area contributed by atoms with Crippen molar-refractivity contribution >= 4 is 46.1 Å².